The van der Waals surface area contributed by atoms with E-state index < -0.39 is 11.9 Å². The molecule has 6 heteroatoms. The molecule has 3 aliphatic rings. The quantitative estimate of drug-likeness (QED) is 0.603. The fourth-order valence-corrected chi connectivity index (χ4v) is 4.44. The van der Waals surface area contributed by atoms with Gasteiger partial charge in [0.05, 0.1) is 18.9 Å². The second-order valence-corrected chi connectivity index (χ2v) is 6.69. The number of fused-ring (bicyclic) bond motifs is 1. The molecular weight excluding hydrogens is 312 g/mol. The van der Waals surface area contributed by atoms with Gasteiger partial charge in [-0.15, -0.1) is 0 Å². The molecule has 24 heavy (non-hydrogen) atoms. The fraction of sp³-hybridized carbons (Fsp3) is 0.500. The molecule has 5 atom stereocenters. The molecule has 3 fully saturated rings. The number of carbonyl (C=O) groups is 3. The SMILES string of the molecule is COc1cccc(C(=O)COC(=O)[C@@H]2[C@@H]3C[C@@H]4[C@@H]2C(=O)O[C@@H]4C3)c1. The van der Waals surface area contributed by atoms with Crippen LogP contribution in [0, 0.1) is 23.7 Å². The van der Waals surface area contributed by atoms with E-state index in [9.17, 15) is 14.4 Å². The van der Waals surface area contributed by atoms with Crippen LogP contribution in [0.3, 0.4) is 0 Å². The van der Waals surface area contributed by atoms with Crippen molar-refractivity contribution in [3.63, 3.8) is 0 Å². The Balaban J connectivity index is 1.40. The molecule has 1 aromatic carbocycles. The number of benzene rings is 1. The summed E-state index contributed by atoms with van der Waals surface area (Å²) < 4.78 is 15.6. The number of Topliss-reactive ketones (excluding diaryl/α,β-unsaturated/α-hetero) is 1. The maximum Gasteiger partial charge on any atom is 0.310 e. The first-order valence-electron chi connectivity index (χ1n) is 8.13. The molecule has 2 saturated carbocycles. The number of rotatable bonds is 5. The third-order valence-electron chi connectivity index (χ3n) is 5.49. The van der Waals surface area contributed by atoms with Crippen molar-refractivity contribution in [3.05, 3.63) is 29.8 Å². The first-order valence-corrected chi connectivity index (χ1v) is 8.13. The first kappa shape index (κ1) is 15.2. The van der Waals surface area contributed by atoms with Gasteiger partial charge in [0.15, 0.2) is 12.4 Å². The Kier molecular flexibility index (Phi) is 3.55. The zero-order valence-electron chi connectivity index (χ0n) is 13.3. The van der Waals surface area contributed by atoms with Crippen molar-refractivity contribution in [2.75, 3.05) is 13.7 Å². The summed E-state index contributed by atoms with van der Waals surface area (Å²) in [5.74, 6) is -1.03. The van der Waals surface area contributed by atoms with Crippen molar-refractivity contribution >= 4 is 17.7 Å². The molecule has 0 N–H and O–H groups in total. The highest BCUT2D eigenvalue weighted by Crippen LogP contribution is 2.57. The van der Waals surface area contributed by atoms with Gasteiger partial charge in [-0.25, -0.2) is 0 Å². The van der Waals surface area contributed by atoms with Crippen LogP contribution >= 0.6 is 0 Å². The number of hydrogen-bond donors (Lipinski definition) is 0. The van der Waals surface area contributed by atoms with Crippen LogP contribution in [0.5, 0.6) is 5.75 Å². The lowest BCUT2D eigenvalue weighted by Crippen LogP contribution is -2.34. The van der Waals surface area contributed by atoms with Crippen molar-refractivity contribution in [2.24, 2.45) is 23.7 Å². The summed E-state index contributed by atoms with van der Waals surface area (Å²) in [6.45, 7) is -0.328. The second-order valence-electron chi connectivity index (χ2n) is 6.69. The van der Waals surface area contributed by atoms with Gasteiger partial charge < -0.3 is 14.2 Å². The summed E-state index contributed by atoms with van der Waals surface area (Å²) in [4.78, 5) is 36.5. The topological polar surface area (TPSA) is 78.9 Å². The van der Waals surface area contributed by atoms with Crippen LogP contribution < -0.4 is 4.74 Å². The van der Waals surface area contributed by atoms with Crippen molar-refractivity contribution in [1.82, 2.24) is 0 Å². The molecule has 1 aliphatic heterocycles. The predicted molar refractivity (Wildman–Crippen MR) is 81.4 cm³/mol. The monoisotopic (exact) mass is 330 g/mol. The van der Waals surface area contributed by atoms with E-state index in [4.69, 9.17) is 14.2 Å². The summed E-state index contributed by atoms with van der Waals surface area (Å²) in [5.41, 5.74) is 0.426. The molecule has 0 aromatic heterocycles. The van der Waals surface area contributed by atoms with E-state index >= 15 is 0 Å². The van der Waals surface area contributed by atoms with E-state index in [1.165, 1.54) is 7.11 Å². The average Bonchev–Trinajstić information content (AvgIpc) is 3.21. The summed E-state index contributed by atoms with van der Waals surface area (Å²) >= 11 is 0. The zero-order valence-corrected chi connectivity index (χ0v) is 13.3. The van der Waals surface area contributed by atoms with Gasteiger partial charge in [-0.1, -0.05) is 12.1 Å². The van der Waals surface area contributed by atoms with E-state index in [0.29, 0.717) is 11.3 Å². The Labute approximate surface area is 139 Å². The molecule has 6 nitrogen and oxygen atoms in total. The van der Waals surface area contributed by atoms with Gasteiger partial charge in [0.2, 0.25) is 0 Å². The van der Waals surface area contributed by atoms with Gasteiger partial charge in [0, 0.05) is 11.5 Å². The number of esters is 2. The number of ether oxygens (including phenoxy) is 3. The Morgan fingerprint density at radius 2 is 2.12 bits per heavy atom. The highest BCUT2D eigenvalue weighted by Gasteiger charge is 2.64. The van der Waals surface area contributed by atoms with E-state index in [0.717, 1.165) is 12.8 Å². The average molecular weight is 330 g/mol. The van der Waals surface area contributed by atoms with Gasteiger partial charge in [0.25, 0.3) is 0 Å². The number of carbonyl (C=O) groups excluding carboxylic acids is 3. The lowest BCUT2D eigenvalue weighted by molar-refractivity contribution is -0.154. The predicted octanol–water partition coefficient (Wildman–Crippen LogP) is 1.62. The Morgan fingerprint density at radius 3 is 2.92 bits per heavy atom. The largest absolute Gasteiger partial charge is 0.497 e. The second kappa shape index (κ2) is 5.61. The van der Waals surface area contributed by atoms with Gasteiger partial charge in [0.1, 0.15) is 11.9 Å². The number of ketones is 1. The summed E-state index contributed by atoms with van der Waals surface area (Å²) in [6, 6.07) is 6.69. The zero-order chi connectivity index (χ0) is 16.8. The van der Waals surface area contributed by atoms with Crippen molar-refractivity contribution in [1.29, 1.82) is 0 Å². The molecule has 4 rings (SSSR count). The first-order chi connectivity index (χ1) is 11.6. The highest BCUT2D eigenvalue weighted by molar-refractivity contribution is 5.98. The summed E-state index contributed by atoms with van der Waals surface area (Å²) in [5, 5.41) is 0. The summed E-state index contributed by atoms with van der Waals surface area (Å²) in [7, 11) is 1.52. The fourth-order valence-electron chi connectivity index (χ4n) is 4.44. The maximum atomic E-state index is 12.4. The van der Waals surface area contributed by atoms with E-state index in [1.54, 1.807) is 24.3 Å². The Morgan fingerprint density at radius 1 is 1.29 bits per heavy atom. The van der Waals surface area contributed by atoms with Crippen molar-refractivity contribution < 1.29 is 28.6 Å². The molecule has 1 saturated heterocycles. The normalized spacial score (nSPS) is 32.5. The molecule has 0 unspecified atom stereocenters. The molecular formula is C18H18O6. The maximum absolute atomic E-state index is 12.4. The van der Waals surface area contributed by atoms with Crippen LogP contribution in [0.1, 0.15) is 23.2 Å². The number of methoxy groups -OCH3 is 1. The Bertz CT molecular complexity index is 709. The van der Waals surface area contributed by atoms with Crippen LogP contribution in [-0.2, 0) is 19.1 Å². The van der Waals surface area contributed by atoms with Crippen LogP contribution in [0.4, 0.5) is 0 Å². The van der Waals surface area contributed by atoms with E-state index in [1.807, 2.05) is 0 Å². The van der Waals surface area contributed by atoms with Gasteiger partial charge in [-0.3, -0.25) is 14.4 Å². The molecule has 0 amide bonds. The third-order valence-corrected chi connectivity index (χ3v) is 5.49. The number of hydrogen-bond acceptors (Lipinski definition) is 6. The molecule has 2 bridgehead atoms. The van der Waals surface area contributed by atoms with Gasteiger partial charge in [-0.2, -0.15) is 0 Å². The van der Waals surface area contributed by atoms with Gasteiger partial charge >= 0.3 is 11.9 Å². The van der Waals surface area contributed by atoms with Crippen LogP contribution in [0.15, 0.2) is 24.3 Å². The molecule has 0 radical (unpaired) electrons. The van der Waals surface area contributed by atoms with Crippen molar-refractivity contribution in [2.45, 2.75) is 18.9 Å². The minimum Gasteiger partial charge on any atom is -0.497 e. The molecule has 0 spiro atoms. The van der Waals surface area contributed by atoms with Crippen molar-refractivity contribution in [3.8, 4) is 5.75 Å². The highest BCUT2D eigenvalue weighted by atomic mass is 16.6. The third kappa shape index (κ3) is 2.28. The smallest absolute Gasteiger partial charge is 0.310 e. The minimum atomic E-state index is -0.459. The summed E-state index contributed by atoms with van der Waals surface area (Å²) in [6.07, 6.45) is 1.55. The van der Waals surface area contributed by atoms with Crippen LogP contribution in [0.2, 0.25) is 0 Å². The Hall–Kier alpha value is -2.37. The lowest BCUT2D eigenvalue weighted by Gasteiger charge is -2.22. The molecule has 2 aliphatic carbocycles. The minimum absolute atomic E-state index is 0.0186. The molecule has 1 aromatic rings. The lowest BCUT2D eigenvalue weighted by atomic mass is 9.80. The van der Waals surface area contributed by atoms with Crippen LogP contribution in [-0.4, -0.2) is 37.5 Å². The van der Waals surface area contributed by atoms with Crippen LogP contribution in [0.25, 0.3) is 0 Å². The molecule has 1 heterocycles. The van der Waals surface area contributed by atoms with Gasteiger partial charge in [-0.05, 0) is 30.9 Å². The standard InChI is InChI=1S/C18H18O6/c1-22-11-4-2-3-9(5-11)13(19)8-23-17(20)15-10-6-12-14(7-10)24-18(21)16(12)15/h2-5,10,12,14-16H,6-8H2,1H3/t10-,12+,14-,15-,16+/m1/s1. The van der Waals surface area contributed by atoms with E-state index in [-0.39, 0.29) is 42.2 Å². The molecule has 126 valence electrons. The van der Waals surface area contributed by atoms with E-state index in [2.05, 4.69) is 0 Å².